The zero-order chi connectivity index (χ0) is 11.5. The number of hydrogen-bond acceptors (Lipinski definition) is 5. The molecule has 0 heterocycles. The molecular formula is C10H20O3S2. The summed E-state index contributed by atoms with van der Waals surface area (Å²) in [5.74, 6) is 2.32. The summed E-state index contributed by atoms with van der Waals surface area (Å²) >= 11 is 0. The van der Waals surface area contributed by atoms with E-state index in [0.29, 0.717) is 19.1 Å². The molecule has 5 heteroatoms. The molecule has 0 aliphatic rings. The van der Waals surface area contributed by atoms with Gasteiger partial charge in [0.05, 0.1) is 6.61 Å². The Labute approximate surface area is 100 Å². The predicted octanol–water partition coefficient (Wildman–Crippen LogP) is 3.59. The summed E-state index contributed by atoms with van der Waals surface area (Å²) in [7, 11) is 3.54. The highest BCUT2D eigenvalue weighted by molar-refractivity contribution is 8.76. The van der Waals surface area contributed by atoms with E-state index in [-0.39, 0.29) is 0 Å². The van der Waals surface area contributed by atoms with Gasteiger partial charge >= 0.3 is 6.16 Å². The van der Waals surface area contributed by atoms with Crippen LogP contribution < -0.4 is 0 Å². The van der Waals surface area contributed by atoms with E-state index >= 15 is 0 Å². The molecule has 0 saturated carbocycles. The minimum atomic E-state index is -0.551. The topological polar surface area (TPSA) is 35.5 Å². The van der Waals surface area contributed by atoms with Crippen molar-refractivity contribution in [1.29, 1.82) is 0 Å². The number of ether oxygens (including phenoxy) is 2. The Kier molecular flexibility index (Phi) is 10.5. The van der Waals surface area contributed by atoms with Gasteiger partial charge in [-0.2, -0.15) is 0 Å². The zero-order valence-electron chi connectivity index (χ0n) is 9.65. The molecule has 0 aliphatic heterocycles. The van der Waals surface area contributed by atoms with Crippen LogP contribution in [-0.2, 0) is 9.47 Å². The van der Waals surface area contributed by atoms with E-state index in [0.717, 1.165) is 11.5 Å². The van der Waals surface area contributed by atoms with E-state index in [4.69, 9.17) is 9.47 Å². The molecule has 0 aromatic carbocycles. The van der Waals surface area contributed by atoms with Gasteiger partial charge in [0.1, 0.15) is 6.61 Å². The Morgan fingerprint density at radius 3 is 2.47 bits per heavy atom. The first kappa shape index (κ1) is 15.0. The molecule has 0 aliphatic carbocycles. The van der Waals surface area contributed by atoms with Gasteiger partial charge in [0.25, 0.3) is 0 Å². The van der Waals surface area contributed by atoms with Gasteiger partial charge < -0.3 is 9.47 Å². The molecule has 0 N–H and O–H groups in total. The fourth-order valence-corrected chi connectivity index (χ4v) is 2.60. The average Bonchev–Trinajstić information content (AvgIpc) is 2.20. The summed E-state index contributed by atoms with van der Waals surface area (Å²) in [6.45, 7) is 6.98. The third-order valence-corrected chi connectivity index (χ3v) is 3.87. The second kappa shape index (κ2) is 10.5. The van der Waals surface area contributed by atoms with Crippen molar-refractivity contribution in [2.75, 3.05) is 24.7 Å². The fourth-order valence-electron chi connectivity index (χ4n) is 0.637. The monoisotopic (exact) mass is 252 g/mol. The van der Waals surface area contributed by atoms with Gasteiger partial charge in [-0.15, -0.1) is 0 Å². The Morgan fingerprint density at radius 2 is 1.87 bits per heavy atom. The van der Waals surface area contributed by atoms with Crippen molar-refractivity contribution in [3.8, 4) is 0 Å². The van der Waals surface area contributed by atoms with Crippen molar-refractivity contribution in [3.63, 3.8) is 0 Å². The lowest BCUT2D eigenvalue weighted by molar-refractivity contribution is 0.0518. The maximum atomic E-state index is 11.0. The highest BCUT2D eigenvalue weighted by atomic mass is 33.1. The van der Waals surface area contributed by atoms with Gasteiger partial charge in [0.2, 0.25) is 0 Å². The Hall–Kier alpha value is -0.0300. The average molecular weight is 252 g/mol. The van der Waals surface area contributed by atoms with Crippen molar-refractivity contribution >= 4 is 27.7 Å². The Bertz CT molecular complexity index is 163. The predicted molar refractivity (Wildman–Crippen MR) is 67.3 cm³/mol. The van der Waals surface area contributed by atoms with Crippen LogP contribution in [0.15, 0.2) is 0 Å². The SMILES string of the molecule is CCCSSCCOC(=O)OCC(C)C. The maximum absolute atomic E-state index is 11.0. The van der Waals surface area contributed by atoms with Crippen LogP contribution in [0.5, 0.6) is 0 Å². The van der Waals surface area contributed by atoms with Crippen LogP contribution in [0.3, 0.4) is 0 Å². The second-order valence-corrected chi connectivity index (χ2v) is 6.15. The second-order valence-electron chi connectivity index (χ2n) is 3.45. The van der Waals surface area contributed by atoms with Gasteiger partial charge in [-0.25, -0.2) is 4.79 Å². The van der Waals surface area contributed by atoms with Crippen molar-refractivity contribution < 1.29 is 14.3 Å². The largest absolute Gasteiger partial charge is 0.508 e. The van der Waals surface area contributed by atoms with Gasteiger partial charge in [-0.1, -0.05) is 42.4 Å². The van der Waals surface area contributed by atoms with E-state index in [1.807, 2.05) is 24.6 Å². The van der Waals surface area contributed by atoms with Crippen molar-refractivity contribution in [3.05, 3.63) is 0 Å². The lowest BCUT2D eigenvalue weighted by Crippen LogP contribution is -2.12. The van der Waals surface area contributed by atoms with E-state index in [2.05, 4.69) is 6.92 Å². The van der Waals surface area contributed by atoms with E-state index in [9.17, 15) is 4.79 Å². The van der Waals surface area contributed by atoms with Crippen LogP contribution in [0.1, 0.15) is 27.2 Å². The van der Waals surface area contributed by atoms with Crippen LogP contribution in [0.4, 0.5) is 4.79 Å². The van der Waals surface area contributed by atoms with Crippen LogP contribution in [0.25, 0.3) is 0 Å². The van der Waals surface area contributed by atoms with E-state index in [1.54, 1.807) is 10.8 Å². The van der Waals surface area contributed by atoms with Crippen LogP contribution in [-0.4, -0.2) is 30.9 Å². The minimum Gasteiger partial charge on any atom is -0.434 e. The minimum absolute atomic E-state index is 0.354. The first-order chi connectivity index (χ1) is 7.16. The molecule has 0 unspecified atom stereocenters. The quantitative estimate of drug-likeness (QED) is 0.375. The lowest BCUT2D eigenvalue weighted by Gasteiger charge is -2.07. The molecule has 0 bridgehead atoms. The van der Waals surface area contributed by atoms with Crippen LogP contribution in [0, 0.1) is 5.92 Å². The van der Waals surface area contributed by atoms with E-state index in [1.165, 1.54) is 6.42 Å². The molecule has 0 spiro atoms. The van der Waals surface area contributed by atoms with Crippen molar-refractivity contribution in [1.82, 2.24) is 0 Å². The maximum Gasteiger partial charge on any atom is 0.508 e. The van der Waals surface area contributed by atoms with Gasteiger partial charge in [-0.05, 0) is 12.3 Å². The smallest absolute Gasteiger partial charge is 0.434 e. The number of carbonyl (C=O) groups excluding carboxylic acids is 1. The standard InChI is InChI=1S/C10H20O3S2/c1-4-6-14-15-7-5-12-10(11)13-8-9(2)3/h9H,4-8H2,1-3H3. The summed E-state index contributed by atoms with van der Waals surface area (Å²) in [5, 5.41) is 0. The number of rotatable bonds is 8. The van der Waals surface area contributed by atoms with E-state index < -0.39 is 6.16 Å². The molecule has 0 amide bonds. The molecule has 0 atom stereocenters. The molecule has 15 heavy (non-hydrogen) atoms. The normalized spacial score (nSPS) is 10.4. The Morgan fingerprint density at radius 1 is 1.20 bits per heavy atom. The zero-order valence-corrected chi connectivity index (χ0v) is 11.3. The van der Waals surface area contributed by atoms with Crippen LogP contribution in [0.2, 0.25) is 0 Å². The number of hydrogen-bond donors (Lipinski definition) is 0. The molecule has 3 nitrogen and oxygen atoms in total. The van der Waals surface area contributed by atoms with Crippen LogP contribution >= 0.6 is 21.6 Å². The summed E-state index contributed by atoms with van der Waals surface area (Å²) < 4.78 is 9.73. The molecule has 0 fully saturated rings. The lowest BCUT2D eigenvalue weighted by atomic mass is 10.2. The summed E-state index contributed by atoms with van der Waals surface area (Å²) in [5.41, 5.74) is 0. The summed E-state index contributed by atoms with van der Waals surface area (Å²) in [4.78, 5) is 11.0. The first-order valence-corrected chi connectivity index (χ1v) is 7.69. The molecule has 0 rings (SSSR count). The van der Waals surface area contributed by atoms with Crippen molar-refractivity contribution in [2.24, 2.45) is 5.92 Å². The third kappa shape index (κ3) is 11.9. The Balaban J connectivity index is 3.17. The molecule has 0 radical (unpaired) electrons. The molecule has 0 aromatic rings. The van der Waals surface area contributed by atoms with Gasteiger partial charge in [0.15, 0.2) is 0 Å². The fraction of sp³-hybridized carbons (Fsp3) is 0.900. The molecule has 0 aromatic heterocycles. The highest BCUT2D eigenvalue weighted by Crippen LogP contribution is 2.21. The van der Waals surface area contributed by atoms with Gasteiger partial charge in [0, 0.05) is 11.5 Å². The first-order valence-electron chi connectivity index (χ1n) is 5.20. The summed E-state index contributed by atoms with van der Waals surface area (Å²) in [6.07, 6.45) is 0.624. The molecular weight excluding hydrogens is 232 g/mol. The molecule has 0 saturated heterocycles. The summed E-state index contributed by atoms with van der Waals surface area (Å²) in [6, 6.07) is 0. The van der Waals surface area contributed by atoms with Gasteiger partial charge in [-0.3, -0.25) is 0 Å². The van der Waals surface area contributed by atoms with Crippen molar-refractivity contribution in [2.45, 2.75) is 27.2 Å². The highest BCUT2D eigenvalue weighted by Gasteiger charge is 2.04. The number of carbonyl (C=O) groups is 1. The third-order valence-electron chi connectivity index (χ3n) is 1.29. The molecule has 90 valence electrons.